The molecule has 128 valence electrons. The minimum atomic E-state index is -0.112. The molecule has 3 rings (SSSR count). The van der Waals surface area contributed by atoms with Crippen LogP contribution < -0.4 is 0 Å². The second-order valence-corrected chi connectivity index (χ2v) is 6.56. The molecule has 4 heteroatoms. The Bertz CT molecular complexity index is 760. The zero-order chi connectivity index (χ0) is 17.6. The van der Waals surface area contributed by atoms with Crippen molar-refractivity contribution in [3.63, 3.8) is 0 Å². The number of esters is 1. The van der Waals surface area contributed by atoms with Gasteiger partial charge in [0.05, 0.1) is 18.7 Å². The summed E-state index contributed by atoms with van der Waals surface area (Å²) in [6.45, 7) is 2.89. The molecule has 0 radical (unpaired) electrons. The molecule has 1 atom stereocenters. The van der Waals surface area contributed by atoms with Crippen molar-refractivity contribution in [2.45, 2.75) is 19.4 Å². The first-order chi connectivity index (χ1) is 12.2. The molecule has 1 heterocycles. The van der Waals surface area contributed by atoms with Gasteiger partial charge in [-0.3, -0.25) is 9.69 Å². The molecule has 2 aromatic rings. The summed E-state index contributed by atoms with van der Waals surface area (Å²) in [5.74, 6) is 0.295. The SMILES string of the molecule is COC(=O)CC1CCN(Cc2ccc(-c3ccc(C#N)cc3)cc2)C1. The van der Waals surface area contributed by atoms with E-state index < -0.39 is 0 Å². The van der Waals surface area contributed by atoms with Crippen molar-refractivity contribution in [1.82, 2.24) is 4.90 Å². The number of rotatable bonds is 5. The van der Waals surface area contributed by atoms with Crippen LogP contribution >= 0.6 is 0 Å². The smallest absolute Gasteiger partial charge is 0.305 e. The van der Waals surface area contributed by atoms with E-state index in [2.05, 4.69) is 35.2 Å². The van der Waals surface area contributed by atoms with Crippen LogP contribution in [0.15, 0.2) is 48.5 Å². The number of methoxy groups -OCH3 is 1. The summed E-state index contributed by atoms with van der Waals surface area (Å²) in [5, 5.41) is 8.87. The molecular formula is C21H22N2O2. The summed E-state index contributed by atoms with van der Waals surface area (Å²) in [7, 11) is 1.45. The highest BCUT2D eigenvalue weighted by atomic mass is 16.5. The van der Waals surface area contributed by atoms with E-state index in [1.54, 1.807) is 0 Å². The molecule has 4 nitrogen and oxygen atoms in total. The fourth-order valence-electron chi connectivity index (χ4n) is 3.34. The highest BCUT2D eigenvalue weighted by Crippen LogP contribution is 2.24. The molecule has 1 aliphatic heterocycles. The molecule has 0 bridgehead atoms. The van der Waals surface area contributed by atoms with Gasteiger partial charge in [0.25, 0.3) is 0 Å². The Balaban J connectivity index is 1.58. The van der Waals surface area contributed by atoms with Gasteiger partial charge in [0, 0.05) is 19.5 Å². The lowest BCUT2D eigenvalue weighted by Gasteiger charge is -2.16. The van der Waals surface area contributed by atoms with Crippen LogP contribution in [0.2, 0.25) is 0 Å². The molecule has 0 spiro atoms. The van der Waals surface area contributed by atoms with Gasteiger partial charge in [-0.1, -0.05) is 36.4 Å². The summed E-state index contributed by atoms with van der Waals surface area (Å²) in [5.41, 5.74) is 4.22. The standard InChI is InChI=1S/C21H22N2O2/c1-25-21(24)12-18-10-11-23(15-18)14-17-4-8-20(9-5-17)19-6-2-16(13-22)3-7-19/h2-9,18H,10-12,14-15H2,1H3. The van der Waals surface area contributed by atoms with E-state index in [0.717, 1.165) is 37.2 Å². The predicted octanol–water partition coefficient (Wildman–Crippen LogP) is 3.61. The Hall–Kier alpha value is -2.64. The lowest BCUT2D eigenvalue weighted by Crippen LogP contribution is -2.21. The van der Waals surface area contributed by atoms with Crippen molar-refractivity contribution in [2.75, 3.05) is 20.2 Å². The Labute approximate surface area is 148 Å². The molecule has 0 saturated carbocycles. The summed E-state index contributed by atoms with van der Waals surface area (Å²) < 4.78 is 4.76. The summed E-state index contributed by atoms with van der Waals surface area (Å²) in [6, 6.07) is 18.3. The molecule has 25 heavy (non-hydrogen) atoms. The van der Waals surface area contributed by atoms with Gasteiger partial charge in [-0.2, -0.15) is 5.26 Å². The number of hydrogen-bond donors (Lipinski definition) is 0. The Morgan fingerprint density at radius 3 is 2.40 bits per heavy atom. The third-order valence-corrected chi connectivity index (χ3v) is 4.76. The molecule has 0 amide bonds. The molecule has 0 N–H and O–H groups in total. The zero-order valence-corrected chi connectivity index (χ0v) is 14.4. The second-order valence-electron chi connectivity index (χ2n) is 6.56. The normalized spacial score (nSPS) is 17.2. The minimum Gasteiger partial charge on any atom is -0.469 e. The van der Waals surface area contributed by atoms with Crippen LogP contribution in [0.3, 0.4) is 0 Å². The van der Waals surface area contributed by atoms with Crippen LogP contribution in [-0.2, 0) is 16.1 Å². The number of likely N-dealkylation sites (tertiary alicyclic amines) is 1. The number of benzene rings is 2. The van der Waals surface area contributed by atoms with E-state index in [1.165, 1.54) is 12.7 Å². The zero-order valence-electron chi connectivity index (χ0n) is 14.4. The van der Waals surface area contributed by atoms with E-state index in [0.29, 0.717) is 17.9 Å². The number of carbonyl (C=O) groups is 1. The first kappa shape index (κ1) is 17.2. The maximum atomic E-state index is 11.4. The van der Waals surface area contributed by atoms with Crippen molar-refractivity contribution in [1.29, 1.82) is 5.26 Å². The van der Waals surface area contributed by atoms with Crippen molar-refractivity contribution in [3.8, 4) is 17.2 Å². The first-order valence-corrected chi connectivity index (χ1v) is 8.56. The van der Waals surface area contributed by atoms with Crippen LogP contribution in [0, 0.1) is 17.2 Å². The average molecular weight is 334 g/mol. The molecule has 2 aromatic carbocycles. The van der Waals surface area contributed by atoms with Crippen LogP contribution in [0.25, 0.3) is 11.1 Å². The molecule has 1 fully saturated rings. The van der Waals surface area contributed by atoms with Gasteiger partial charge in [0.2, 0.25) is 0 Å². The van der Waals surface area contributed by atoms with E-state index in [4.69, 9.17) is 10.00 Å². The van der Waals surface area contributed by atoms with Gasteiger partial charge in [0.1, 0.15) is 0 Å². The summed E-state index contributed by atoms with van der Waals surface area (Å²) in [4.78, 5) is 13.8. The number of nitriles is 1. The molecule has 1 saturated heterocycles. The van der Waals surface area contributed by atoms with Gasteiger partial charge in [-0.15, -0.1) is 0 Å². The van der Waals surface area contributed by atoms with Gasteiger partial charge in [0.15, 0.2) is 0 Å². The van der Waals surface area contributed by atoms with Crippen LogP contribution in [0.1, 0.15) is 24.0 Å². The molecular weight excluding hydrogens is 312 g/mol. The van der Waals surface area contributed by atoms with E-state index in [9.17, 15) is 4.79 Å². The monoisotopic (exact) mass is 334 g/mol. The topological polar surface area (TPSA) is 53.3 Å². The fourth-order valence-corrected chi connectivity index (χ4v) is 3.34. The van der Waals surface area contributed by atoms with Crippen molar-refractivity contribution < 1.29 is 9.53 Å². The van der Waals surface area contributed by atoms with Crippen molar-refractivity contribution in [2.24, 2.45) is 5.92 Å². The maximum Gasteiger partial charge on any atom is 0.305 e. The molecule has 1 unspecified atom stereocenters. The van der Waals surface area contributed by atoms with Crippen molar-refractivity contribution in [3.05, 3.63) is 59.7 Å². The fraction of sp³-hybridized carbons (Fsp3) is 0.333. The molecule has 0 aliphatic carbocycles. The third kappa shape index (κ3) is 4.46. The first-order valence-electron chi connectivity index (χ1n) is 8.56. The van der Waals surface area contributed by atoms with E-state index in [1.807, 2.05) is 24.3 Å². The van der Waals surface area contributed by atoms with Crippen LogP contribution in [-0.4, -0.2) is 31.1 Å². The lowest BCUT2D eigenvalue weighted by molar-refractivity contribution is -0.141. The van der Waals surface area contributed by atoms with Gasteiger partial charge in [-0.25, -0.2) is 0 Å². The summed E-state index contributed by atoms with van der Waals surface area (Å²) >= 11 is 0. The largest absolute Gasteiger partial charge is 0.469 e. The van der Waals surface area contributed by atoms with Gasteiger partial charge in [-0.05, 0) is 47.7 Å². The lowest BCUT2D eigenvalue weighted by atomic mass is 10.0. The summed E-state index contributed by atoms with van der Waals surface area (Å²) in [6.07, 6.45) is 1.57. The predicted molar refractivity (Wildman–Crippen MR) is 96.6 cm³/mol. The van der Waals surface area contributed by atoms with Crippen LogP contribution in [0.4, 0.5) is 0 Å². The number of carbonyl (C=O) groups excluding carboxylic acids is 1. The van der Waals surface area contributed by atoms with Gasteiger partial charge >= 0.3 is 5.97 Å². The Kier molecular flexibility index (Phi) is 5.47. The van der Waals surface area contributed by atoms with E-state index >= 15 is 0 Å². The molecule has 1 aliphatic rings. The van der Waals surface area contributed by atoms with Crippen LogP contribution in [0.5, 0.6) is 0 Å². The average Bonchev–Trinajstić information content (AvgIpc) is 3.09. The minimum absolute atomic E-state index is 0.112. The highest BCUT2D eigenvalue weighted by molar-refractivity contribution is 5.69. The third-order valence-electron chi connectivity index (χ3n) is 4.76. The van der Waals surface area contributed by atoms with Crippen molar-refractivity contribution >= 4 is 5.97 Å². The number of hydrogen-bond acceptors (Lipinski definition) is 4. The maximum absolute atomic E-state index is 11.4. The van der Waals surface area contributed by atoms with E-state index in [-0.39, 0.29) is 5.97 Å². The second kappa shape index (κ2) is 7.96. The molecule has 0 aromatic heterocycles. The Morgan fingerprint density at radius 2 is 1.80 bits per heavy atom. The highest BCUT2D eigenvalue weighted by Gasteiger charge is 2.24. The quantitative estimate of drug-likeness (QED) is 0.784. The Morgan fingerprint density at radius 1 is 1.16 bits per heavy atom. The number of ether oxygens (including phenoxy) is 1. The van der Waals surface area contributed by atoms with Gasteiger partial charge < -0.3 is 4.74 Å². The number of nitrogens with zero attached hydrogens (tertiary/aromatic N) is 2.